The molecule has 0 atom stereocenters. The summed E-state index contributed by atoms with van der Waals surface area (Å²) in [7, 11) is 0.727. The van der Waals surface area contributed by atoms with Crippen LogP contribution in [0.25, 0.3) is 105 Å². The maximum absolute atomic E-state index is 7.11. The van der Waals surface area contributed by atoms with E-state index in [-0.39, 0.29) is 21.7 Å². The van der Waals surface area contributed by atoms with Crippen LogP contribution in [0.4, 0.5) is 11.4 Å². The highest BCUT2D eigenvalue weighted by atomic mass is 16.3. The fourth-order valence-electron chi connectivity index (χ4n) is 13.9. The number of nitrogens with zero attached hydrogens (tertiary/aromatic N) is 1. The van der Waals surface area contributed by atoms with Crippen LogP contribution in [0.3, 0.4) is 0 Å². The van der Waals surface area contributed by atoms with Gasteiger partial charge in [0.05, 0.1) is 11.2 Å². The minimum Gasteiger partial charge on any atom is -0.456 e. The maximum Gasteiger partial charge on any atom is 0.198 e. The average Bonchev–Trinajstić information content (AvgIpc) is 4.34. The molecule has 0 spiro atoms. The molecule has 0 bridgehead atoms. The second-order valence-electron chi connectivity index (χ2n) is 25.2. The molecular formula is C71H61BN2O2. The molecule has 76 heavy (non-hydrogen) atoms. The molecule has 3 aromatic heterocycles. The van der Waals surface area contributed by atoms with Gasteiger partial charge in [-0.15, -0.1) is 0 Å². The second kappa shape index (κ2) is 15.5. The number of fused-ring (bicyclic) bond motifs is 13. The van der Waals surface area contributed by atoms with E-state index >= 15 is 0 Å². The van der Waals surface area contributed by atoms with Gasteiger partial charge in [-0.2, -0.15) is 0 Å². The summed E-state index contributed by atoms with van der Waals surface area (Å²) in [5.74, 6) is 0.891. The van der Waals surface area contributed by atoms with Crippen LogP contribution in [0.2, 0.25) is 0 Å². The molecular weight excluding hydrogens is 924 g/mol. The van der Waals surface area contributed by atoms with E-state index in [4.69, 9.17) is 8.83 Å². The number of hydrogen-bond acceptors (Lipinski definition) is 3. The smallest absolute Gasteiger partial charge is 0.198 e. The Balaban J connectivity index is 1.03. The Kier molecular flexibility index (Phi) is 9.28. The summed E-state index contributed by atoms with van der Waals surface area (Å²) in [6, 6.07) is 63.6. The normalized spacial score (nSPS) is 15.8. The highest BCUT2D eigenvalue weighted by molar-refractivity contribution is 6.73. The molecule has 5 heteroatoms. The SMILES string of the molecule is CC(C)(C)c1ccc(Nc2cc3oc4cc5c(cc4c3cc2-c2ccc3c4cc6c(cc4n4c3c2Bc2cc3oc(-c7ccccc7)c(-c7ccccc7)c3cc2-4)C(C)(C)c2ccccc2-6)C(C)(C)CCC5(C)C)cc1. The molecule has 3 aliphatic rings. The highest BCUT2D eigenvalue weighted by Gasteiger charge is 2.40. The molecule has 0 saturated heterocycles. The van der Waals surface area contributed by atoms with Gasteiger partial charge in [0, 0.05) is 72.0 Å². The molecule has 0 radical (unpaired) electrons. The first-order valence-electron chi connectivity index (χ1n) is 27.4. The Labute approximate surface area is 445 Å². The Morgan fingerprint density at radius 3 is 1.88 bits per heavy atom. The van der Waals surface area contributed by atoms with Gasteiger partial charge in [0.1, 0.15) is 22.5 Å². The van der Waals surface area contributed by atoms with Gasteiger partial charge in [0.25, 0.3) is 0 Å². The number of benzene rings is 9. The molecule has 0 amide bonds. The van der Waals surface area contributed by atoms with Crippen molar-refractivity contribution in [2.75, 3.05) is 5.32 Å². The lowest BCUT2D eigenvalue weighted by Crippen LogP contribution is -2.37. The Bertz CT molecular complexity index is 4440. The van der Waals surface area contributed by atoms with Gasteiger partial charge in [-0.3, -0.25) is 0 Å². The molecule has 4 nitrogen and oxygen atoms in total. The van der Waals surface area contributed by atoms with Crippen molar-refractivity contribution in [1.82, 2.24) is 4.57 Å². The number of aromatic nitrogens is 1. The number of anilines is 2. The monoisotopic (exact) mass is 984 g/mol. The van der Waals surface area contributed by atoms with Crippen molar-refractivity contribution in [2.45, 2.75) is 96.8 Å². The van der Waals surface area contributed by atoms with Gasteiger partial charge < -0.3 is 18.7 Å². The number of furan rings is 2. The third-order valence-electron chi connectivity index (χ3n) is 18.2. The Hall–Kier alpha value is -8.02. The Morgan fingerprint density at radius 2 is 1.14 bits per heavy atom. The van der Waals surface area contributed by atoms with Crippen molar-refractivity contribution in [1.29, 1.82) is 0 Å². The lowest BCUT2D eigenvalue weighted by molar-refractivity contribution is 0.332. The van der Waals surface area contributed by atoms with Crippen molar-refractivity contribution >= 4 is 84.3 Å². The van der Waals surface area contributed by atoms with Gasteiger partial charge in [0.15, 0.2) is 7.28 Å². The zero-order valence-electron chi connectivity index (χ0n) is 45.1. The first-order chi connectivity index (χ1) is 36.5. The molecule has 2 aliphatic carbocycles. The van der Waals surface area contributed by atoms with Crippen LogP contribution in [0.5, 0.6) is 0 Å². The van der Waals surface area contributed by atoms with Gasteiger partial charge in [-0.25, -0.2) is 0 Å². The molecule has 12 aromatic rings. The highest BCUT2D eigenvalue weighted by Crippen LogP contribution is 2.53. The van der Waals surface area contributed by atoms with Crippen LogP contribution in [-0.4, -0.2) is 11.8 Å². The van der Waals surface area contributed by atoms with Crippen molar-refractivity contribution in [3.05, 3.63) is 198 Å². The van der Waals surface area contributed by atoms with Crippen molar-refractivity contribution in [3.63, 3.8) is 0 Å². The zero-order chi connectivity index (χ0) is 51.8. The first kappa shape index (κ1) is 45.4. The molecule has 4 heterocycles. The van der Waals surface area contributed by atoms with E-state index in [0.717, 1.165) is 87.0 Å². The molecule has 0 fully saturated rings. The second-order valence-corrected chi connectivity index (χ2v) is 25.2. The van der Waals surface area contributed by atoms with Gasteiger partial charge in [-0.05, 0) is 139 Å². The van der Waals surface area contributed by atoms with Crippen LogP contribution in [0.1, 0.15) is 103 Å². The zero-order valence-corrected chi connectivity index (χ0v) is 45.1. The standard InChI is InChI=1S/C71H61BN2O2/c1-68(2,3)42-24-26-43(27-25-42)73-58-39-63-50(51-34-55-56(37-61(51)75-63)70(6,7)31-30-69(55,4)5)33-48(58)45-28-29-46-49-32-47-44-22-16-17-23-53(44)71(8,9)54(47)36-59(49)74-60-35-52-62(38-57(60)72-65(45)66(46)74)76-67(41-20-14-11-15-21-41)64(52)40-18-12-10-13-19-40/h10-29,32-39,72-73H,30-31H2,1-9H3. The summed E-state index contributed by atoms with van der Waals surface area (Å²) in [4.78, 5) is 0. The Morgan fingerprint density at radius 1 is 0.500 bits per heavy atom. The molecule has 370 valence electrons. The fourth-order valence-corrected chi connectivity index (χ4v) is 13.9. The first-order valence-corrected chi connectivity index (χ1v) is 27.4. The minimum atomic E-state index is -0.166. The number of rotatable bonds is 5. The summed E-state index contributed by atoms with van der Waals surface area (Å²) < 4.78 is 16.7. The van der Waals surface area contributed by atoms with E-state index < -0.39 is 0 Å². The van der Waals surface area contributed by atoms with Crippen LogP contribution in [0, 0.1) is 0 Å². The summed E-state index contributed by atoms with van der Waals surface area (Å²) in [6.45, 7) is 21.2. The third kappa shape index (κ3) is 6.50. The molecule has 15 rings (SSSR count). The largest absolute Gasteiger partial charge is 0.456 e. The van der Waals surface area contributed by atoms with Crippen molar-refractivity contribution in [2.24, 2.45) is 0 Å². The molecule has 0 saturated carbocycles. The average molecular weight is 985 g/mol. The van der Waals surface area contributed by atoms with E-state index in [2.05, 4.69) is 242 Å². The van der Waals surface area contributed by atoms with E-state index in [1.807, 2.05) is 0 Å². The lowest BCUT2D eigenvalue weighted by atomic mass is 9.59. The summed E-state index contributed by atoms with van der Waals surface area (Å²) in [5, 5.41) is 9.94. The van der Waals surface area contributed by atoms with Gasteiger partial charge >= 0.3 is 0 Å². The predicted octanol–water partition coefficient (Wildman–Crippen LogP) is 17.8. The predicted molar refractivity (Wildman–Crippen MR) is 322 cm³/mol. The number of hydrogen-bond donors (Lipinski definition) is 1. The lowest BCUT2D eigenvalue weighted by Gasteiger charge is -2.41. The third-order valence-corrected chi connectivity index (χ3v) is 18.2. The van der Waals surface area contributed by atoms with E-state index in [9.17, 15) is 0 Å². The maximum atomic E-state index is 7.11. The van der Waals surface area contributed by atoms with Crippen molar-refractivity contribution in [3.8, 4) is 50.4 Å². The van der Waals surface area contributed by atoms with E-state index in [1.165, 1.54) is 88.3 Å². The van der Waals surface area contributed by atoms with E-state index in [0.29, 0.717) is 0 Å². The van der Waals surface area contributed by atoms with E-state index in [1.54, 1.807) is 0 Å². The van der Waals surface area contributed by atoms with Crippen LogP contribution in [-0.2, 0) is 21.7 Å². The summed E-state index contributed by atoms with van der Waals surface area (Å²) in [6.07, 6.45) is 2.30. The quantitative estimate of drug-likeness (QED) is 0.175. The summed E-state index contributed by atoms with van der Waals surface area (Å²) in [5.41, 5.74) is 26.3. The summed E-state index contributed by atoms with van der Waals surface area (Å²) >= 11 is 0. The van der Waals surface area contributed by atoms with Crippen molar-refractivity contribution < 1.29 is 8.83 Å². The molecule has 1 aliphatic heterocycles. The molecule has 0 unspecified atom stereocenters. The molecule has 9 aromatic carbocycles. The van der Waals surface area contributed by atoms with Crippen LogP contribution in [0.15, 0.2) is 179 Å². The van der Waals surface area contributed by atoms with Gasteiger partial charge in [0.2, 0.25) is 0 Å². The van der Waals surface area contributed by atoms with Crippen LogP contribution >= 0.6 is 0 Å². The minimum absolute atomic E-state index is 0.0404. The van der Waals surface area contributed by atoms with Gasteiger partial charge in [-0.1, -0.05) is 177 Å². The topological polar surface area (TPSA) is 43.2 Å². The number of nitrogens with one attached hydrogen (secondary N) is 1. The van der Waals surface area contributed by atoms with Crippen LogP contribution < -0.4 is 16.2 Å². The molecule has 1 N–H and O–H groups in total. The fraction of sp³-hybridized carbons (Fsp3) is 0.211.